The first kappa shape index (κ1) is 19.2. The molecule has 0 aliphatic carbocycles. The number of halogens is 1. The molecule has 0 radical (unpaired) electrons. The number of hydrogen-bond donors (Lipinski definition) is 0. The van der Waals surface area contributed by atoms with Crippen molar-refractivity contribution < 1.29 is 8.42 Å². The molecule has 6 heteroatoms. The lowest BCUT2D eigenvalue weighted by Crippen LogP contribution is -2.48. The van der Waals surface area contributed by atoms with Gasteiger partial charge in [0.25, 0.3) is 0 Å². The fraction of sp³-hybridized carbons (Fsp3) is 0.400. The van der Waals surface area contributed by atoms with E-state index in [4.69, 9.17) is 11.6 Å². The third-order valence-electron chi connectivity index (χ3n) is 4.77. The molecule has 1 heterocycles. The molecule has 140 valence electrons. The Labute approximate surface area is 161 Å². The van der Waals surface area contributed by atoms with Crippen LogP contribution in [0, 0.1) is 0 Å². The van der Waals surface area contributed by atoms with Crippen LogP contribution in [0.2, 0.25) is 5.02 Å². The van der Waals surface area contributed by atoms with Gasteiger partial charge in [-0.05, 0) is 41.3 Å². The Hall–Kier alpha value is -1.56. The molecule has 0 bridgehead atoms. The van der Waals surface area contributed by atoms with Crippen LogP contribution < -0.4 is 4.90 Å². The molecular formula is C20H25ClN2O2S. The van der Waals surface area contributed by atoms with Crippen molar-refractivity contribution in [1.29, 1.82) is 0 Å². The van der Waals surface area contributed by atoms with Gasteiger partial charge in [0, 0.05) is 36.9 Å². The van der Waals surface area contributed by atoms with Gasteiger partial charge in [-0.3, -0.25) is 0 Å². The summed E-state index contributed by atoms with van der Waals surface area (Å²) in [5.41, 5.74) is 2.56. The topological polar surface area (TPSA) is 40.6 Å². The Morgan fingerprint density at radius 2 is 1.54 bits per heavy atom. The summed E-state index contributed by atoms with van der Waals surface area (Å²) in [5, 5.41) is 0.434. The van der Waals surface area contributed by atoms with E-state index in [0.29, 0.717) is 31.2 Å². The van der Waals surface area contributed by atoms with Gasteiger partial charge in [-0.1, -0.05) is 50.6 Å². The van der Waals surface area contributed by atoms with E-state index >= 15 is 0 Å². The largest absolute Gasteiger partial charge is 0.369 e. The van der Waals surface area contributed by atoms with E-state index in [1.165, 1.54) is 11.6 Å². The number of nitrogens with zero attached hydrogens (tertiary/aromatic N) is 2. The molecule has 1 saturated heterocycles. The first-order chi connectivity index (χ1) is 12.2. The molecule has 0 aromatic heterocycles. The molecule has 26 heavy (non-hydrogen) atoms. The van der Waals surface area contributed by atoms with Gasteiger partial charge < -0.3 is 4.90 Å². The minimum absolute atomic E-state index is 0.127. The zero-order valence-electron chi connectivity index (χ0n) is 15.4. The third kappa shape index (κ3) is 4.05. The molecule has 0 spiro atoms. The molecule has 2 aromatic rings. The van der Waals surface area contributed by atoms with Crippen LogP contribution in [0.5, 0.6) is 0 Å². The maximum Gasteiger partial charge on any atom is 0.243 e. The zero-order valence-corrected chi connectivity index (χ0v) is 17.0. The van der Waals surface area contributed by atoms with Crippen molar-refractivity contribution in [2.24, 2.45) is 0 Å². The van der Waals surface area contributed by atoms with Crippen LogP contribution in [0.4, 0.5) is 5.69 Å². The van der Waals surface area contributed by atoms with E-state index in [-0.39, 0.29) is 10.3 Å². The normalized spacial score (nSPS) is 16.7. The van der Waals surface area contributed by atoms with Crippen molar-refractivity contribution in [3.05, 3.63) is 59.1 Å². The summed E-state index contributed by atoms with van der Waals surface area (Å²) >= 11 is 5.95. The fourth-order valence-electron chi connectivity index (χ4n) is 3.14. The average molecular weight is 393 g/mol. The SMILES string of the molecule is CC(C)(C)c1ccc(N2CCN(S(=O)(=O)c3cccc(Cl)c3)CC2)cc1. The van der Waals surface area contributed by atoms with Crippen LogP contribution in [0.15, 0.2) is 53.4 Å². The molecule has 2 aromatic carbocycles. The van der Waals surface area contributed by atoms with E-state index in [1.54, 1.807) is 22.5 Å². The standard InChI is InChI=1S/C20H25ClN2O2S/c1-20(2,3)16-7-9-18(10-8-16)22-11-13-23(14-12-22)26(24,25)19-6-4-5-17(21)15-19/h4-10,15H,11-14H2,1-3H3. The average Bonchev–Trinajstić information content (AvgIpc) is 2.61. The number of benzene rings is 2. The van der Waals surface area contributed by atoms with Crippen molar-refractivity contribution in [2.75, 3.05) is 31.1 Å². The van der Waals surface area contributed by atoms with Crippen molar-refractivity contribution in [2.45, 2.75) is 31.1 Å². The summed E-state index contributed by atoms with van der Waals surface area (Å²) in [6.45, 7) is 8.87. The lowest BCUT2D eigenvalue weighted by atomic mass is 9.87. The molecule has 0 N–H and O–H groups in total. The summed E-state index contributed by atoms with van der Waals surface area (Å²) < 4.78 is 27.1. The van der Waals surface area contributed by atoms with Crippen LogP contribution >= 0.6 is 11.6 Å². The number of sulfonamides is 1. The van der Waals surface area contributed by atoms with Crippen LogP contribution in [-0.2, 0) is 15.4 Å². The number of piperazine rings is 1. The molecule has 0 amide bonds. The molecule has 1 aliphatic heterocycles. The van der Waals surface area contributed by atoms with Gasteiger partial charge in [-0.25, -0.2) is 8.42 Å². The van der Waals surface area contributed by atoms with Gasteiger partial charge in [0.2, 0.25) is 10.0 Å². The Morgan fingerprint density at radius 1 is 0.923 bits per heavy atom. The molecule has 3 rings (SSSR count). The first-order valence-corrected chi connectivity index (χ1v) is 10.6. The van der Waals surface area contributed by atoms with E-state index in [9.17, 15) is 8.42 Å². The van der Waals surface area contributed by atoms with Gasteiger partial charge in [-0.2, -0.15) is 4.31 Å². The third-order valence-corrected chi connectivity index (χ3v) is 6.90. The lowest BCUT2D eigenvalue weighted by Gasteiger charge is -2.35. The molecular weight excluding hydrogens is 368 g/mol. The molecule has 1 fully saturated rings. The molecule has 0 atom stereocenters. The van der Waals surface area contributed by atoms with Gasteiger partial charge in [0.15, 0.2) is 0 Å². The molecule has 1 aliphatic rings. The molecule has 0 unspecified atom stereocenters. The first-order valence-electron chi connectivity index (χ1n) is 8.79. The maximum atomic E-state index is 12.8. The van der Waals surface area contributed by atoms with Crippen LogP contribution in [0.25, 0.3) is 0 Å². The van der Waals surface area contributed by atoms with Crippen LogP contribution in [0.3, 0.4) is 0 Å². The monoisotopic (exact) mass is 392 g/mol. The second-order valence-corrected chi connectivity index (χ2v) is 10.0. The number of rotatable bonds is 3. The smallest absolute Gasteiger partial charge is 0.243 e. The summed E-state index contributed by atoms with van der Waals surface area (Å²) in [6.07, 6.45) is 0. The zero-order chi connectivity index (χ0) is 18.9. The summed E-state index contributed by atoms with van der Waals surface area (Å²) in [6, 6.07) is 15.0. The highest BCUT2D eigenvalue weighted by Gasteiger charge is 2.28. The lowest BCUT2D eigenvalue weighted by molar-refractivity contribution is 0.385. The highest BCUT2D eigenvalue weighted by molar-refractivity contribution is 7.89. The highest BCUT2D eigenvalue weighted by Crippen LogP contribution is 2.26. The Balaban J connectivity index is 1.69. The Bertz CT molecular complexity index is 865. The summed E-state index contributed by atoms with van der Waals surface area (Å²) in [5.74, 6) is 0. The van der Waals surface area contributed by atoms with Crippen molar-refractivity contribution >= 4 is 27.3 Å². The Kier molecular flexibility index (Phi) is 5.33. The second-order valence-electron chi connectivity index (χ2n) is 7.65. The highest BCUT2D eigenvalue weighted by atomic mass is 35.5. The predicted octanol–water partition coefficient (Wildman–Crippen LogP) is 4.15. The van der Waals surface area contributed by atoms with Gasteiger partial charge in [0.05, 0.1) is 4.90 Å². The van der Waals surface area contributed by atoms with E-state index in [0.717, 1.165) is 5.69 Å². The van der Waals surface area contributed by atoms with E-state index < -0.39 is 10.0 Å². The second kappa shape index (κ2) is 7.22. The number of hydrogen-bond acceptors (Lipinski definition) is 3. The maximum absolute atomic E-state index is 12.8. The fourth-order valence-corrected chi connectivity index (χ4v) is 4.86. The van der Waals surface area contributed by atoms with Crippen molar-refractivity contribution in [3.63, 3.8) is 0 Å². The van der Waals surface area contributed by atoms with Gasteiger partial charge in [0.1, 0.15) is 0 Å². The van der Waals surface area contributed by atoms with Crippen molar-refractivity contribution in [3.8, 4) is 0 Å². The molecule has 0 saturated carbocycles. The minimum atomic E-state index is -3.49. The van der Waals surface area contributed by atoms with Crippen molar-refractivity contribution in [1.82, 2.24) is 4.31 Å². The predicted molar refractivity (Wildman–Crippen MR) is 108 cm³/mol. The summed E-state index contributed by atoms with van der Waals surface area (Å²) in [7, 11) is -3.49. The van der Waals surface area contributed by atoms with E-state index in [1.807, 2.05) is 0 Å². The van der Waals surface area contributed by atoms with Gasteiger partial charge >= 0.3 is 0 Å². The Morgan fingerprint density at radius 3 is 2.08 bits per heavy atom. The molecule has 4 nitrogen and oxygen atoms in total. The van der Waals surface area contributed by atoms with Gasteiger partial charge in [-0.15, -0.1) is 0 Å². The van der Waals surface area contributed by atoms with Crippen LogP contribution in [0.1, 0.15) is 26.3 Å². The summed E-state index contributed by atoms with van der Waals surface area (Å²) in [4.78, 5) is 2.49. The quantitative estimate of drug-likeness (QED) is 0.787. The van der Waals surface area contributed by atoms with E-state index in [2.05, 4.69) is 49.9 Å². The van der Waals surface area contributed by atoms with Crippen LogP contribution in [-0.4, -0.2) is 38.9 Å². The number of anilines is 1. The minimum Gasteiger partial charge on any atom is -0.369 e.